The normalized spacial score (nSPS) is 20.2. The minimum Gasteiger partial charge on any atom is -0.465 e. The lowest BCUT2D eigenvalue weighted by Gasteiger charge is -2.38. The van der Waals surface area contributed by atoms with Crippen molar-refractivity contribution in [1.82, 2.24) is 4.90 Å². The molecule has 16 heavy (non-hydrogen) atoms. The van der Waals surface area contributed by atoms with Crippen molar-refractivity contribution < 1.29 is 9.53 Å². The van der Waals surface area contributed by atoms with Crippen LogP contribution in [0.5, 0.6) is 0 Å². The topological polar surface area (TPSA) is 29.5 Å². The van der Waals surface area contributed by atoms with Gasteiger partial charge in [-0.15, -0.1) is 0 Å². The van der Waals surface area contributed by atoms with Gasteiger partial charge >= 0.3 is 5.97 Å². The molecule has 0 aromatic heterocycles. The van der Waals surface area contributed by atoms with Crippen molar-refractivity contribution in [3.8, 4) is 0 Å². The third kappa shape index (κ3) is 2.42. The fraction of sp³-hybridized carbons (Fsp3) is 0.462. The summed E-state index contributed by atoms with van der Waals surface area (Å²) in [4.78, 5) is 13.7. The molecule has 0 spiro atoms. The Morgan fingerprint density at radius 3 is 2.75 bits per heavy atom. The van der Waals surface area contributed by atoms with E-state index in [-0.39, 0.29) is 12.0 Å². The lowest BCUT2D eigenvalue weighted by molar-refractivity contribution is -0.154. The maximum Gasteiger partial charge on any atom is 0.323 e. The lowest BCUT2D eigenvalue weighted by atomic mass is 10.0. The molecule has 0 amide bonds. The van der Waals surface area contributed by atoms with Crippen LogP contribution in [0.25, 0.3) is 0 Å². The van der Waals surface area contributed by atoms with Gasteiger partial charge in [-0.05, 0) is 18.9 Å². The van der Waals surface area contributed by atoms with Crippen molar-refractivity contribution >= 4 is 5.97 Å². The molecule has 1 fully saturated rings. The van der Waals surface area contributed by atoms with Gasteiger partial charge in [-0.1, -0.05) is 30.3 Å². The highest BCUT2D eigenvalue weighted by atomic mass is 16.5. The lowest BCUT2D eigenvalue weighted by Crippen LogP contribution is -2.52. The van der Waals surface area contributed by atoms with Crippen LogP contribution in [0.3, 0.4) is 0 Å². The van der Waals surface area contributed by atoms with Crippen LogP contribution >= 0.6 is 0 Å². The Morgan fingerprint density at radius 1 is 1.44 bits per heavy atom. The summed E-state index contributed by atoms with van der Waals surface area (Å²) in [5.41, 5.74) is 1.25. The van der Waals surface area contributed by atoms with E-state index in [1.165, 1.54) is 5.56 Å². The molecule has 2 rings (SSSR count). The first-order chi connectivity index (χ1) is 7.81. The molecule has 0 radical (unpaired) electrons. The quantitative estimate of drug-likeness (QED) is 0.723. The number of rotatable bonds is 4. The summed E-state index contributed by atoms with van der Waals surface area (Å²) in [7, 11) is 0. The summed E-state index contributed by atoms with van der Waals surface area (Å²) >= 11 is 0. The molecule has 86 valence electrons. The second kappa shape index (κ2) is 5.12. The van der Waals surface area contributed by atoms with Crippen LogP contribution in [0.15, 0.2) is 30.3 Å². The van der Waals surface area contributed by atoms with Crippen LogP contribution in [-0.2, 0) is 16.1 Å². The monoisotopic (exact) mass is 219 g/mol. The summed E-state index contributed by atoms with van der Waals surface area (Å²) in [6, 6.07) is 10.2. The maximum absolute atomic E-state index is 11.6. The Hall–Kier alpha value is -1.35. The van der Waals surface area contributed by atoms with Crippen molar-refractivity contribution in [2.75, 3.05) is 13.2 Å². The zero-order valence-corrected chi connectivity index (χ0v) is 9.56. The molecule has 1 saturated heterocycles. The summed E-state index contributed by atoms with van der Waals surface area (Å²) in [5.74, 6) is -0.0790. The van der Waals surface area contributed by atoms with Crippen LogP contribution in [0.4, 0.5) is 0 Å². The molecule has 0 unspecified atom stereocenters. The second-order valence-corrected chi connectivity index (χ2v) is 4.01. The molecule has 1 aromatic rings. The highest BCUT2D eigenvalue weighted by molar-refractivity contribution is 5.76. The van der Waals surface area contributed by atoms with Gasteiger partial charge in [-0.2, -0.15) is 0 Å². The number of esters is 1. The van der Waals surface area contributed by atoms with Gasteiger partial charge in [0.15, 0.2) is 0 Å². The molecule has 1 heterocycles. The van der Waals surface area contributed by atoms with E-state index in [0.717, 1.165) is 19.5 Å². The molecule has 3 nitrogen and oxygen atoms in total. The number of carbonyl (C=O) groups excluding carboxylic acids is 1. The Morgan fingerprint density at radius 2 is 2.19 bits per heavy atom. The number of hydrogen-bond acceptors (Lipinski definition) is 3. The smallest absolute Gasteiger partial charge is 0.323 e. The van der Waals surface area contributed by atoms with E-state index in [1.54, 1.807) is 0 Å². The first-order valence-corrected chi connectivity index (χ1v) is 5.76. The Bertz CT molecular complexity index is 350. The largest absolute Gasteiger partial charge is 0.465 e. The molecule has 0 bridgehead atoms. The SMILES string of the molecule is CCOC(=O)[C@H]1CCN1Cc1ccccc1. The Balaban J connectivity index is 1.90. The molecule has 1 aliphatic heterocycles. The number of benzene rings is 1. The van der Waals surface area contributed by atoms with E-state index in [4.69, 9.17) is 4.74 Å². The van der Waals surface area contributed by atoms with E-state index in [9.17, 15) is 4.79 Å². The summed E-state index contributed by atoms with van der Waals surface area (Å²) in [6.45, 7) is 4.13. The zero-order chi connectivity index (χ0) is 11.4. The number of carbonyl (C=O) groups is 1. The first kappa shape index (κ1) is 11.1. The van der Waals surface area contributed by atoms with E-state index < -0.39 is 0 Å². The maximum atomic E-state index is 11.6. The van der Waals surface area contributed by atoms with E-state index in [2.05, 4.69) is 17.0 Å². The fourth-order valence-corrected chi connectivity index (χ4v) is 1.95. The highest BCUT2D eigenvalue weighted by Crippen LogP contribution is 2.21. The van der Waals surface area contributed by atoms with Gasteiger partial charge in [0.2, 0.25) is 0 Å². The molecule has 1 atom stereocenters. The number of ether oxygens (including phenoxy) is 1. The van der Waals surface area contributed by atoms with Gasteiger partial charge < -0.3 is 4.74 Å². The summed E-state index contributed by atoms with van der Waals surface area (Å²) in [5, 5.41) is 0. The van der Waals surface area contributed by atoms with Crippen LogP contribution in [-0.4, -0.2) is 30.1 Å². The highest BCUT2D eigenvalue weighted by Gasteiger charge is 2.34. The molecule has 1 aromatic carbocycles. The molecule has 0 N–H and O–H groups in total. The van der Waals surface area contributed by atoms with Gasteiger partial charge in [0.25, 0.3) is 0 Å². The minimum absolute atomic E-state index is 0.0276. The van der Waals surface area contributed by atoms with Gasteiger partial charge in [0, 0.05) is 13.1 Å². The third-order valence-electron chi connectivity index (χ3n) is 2.92. The predicted octanol–water partition coefficient (Wildman–Crippen LogP) is 1.82. The molecular formula is C13H17NO2. The Labute approximate surface area is 96.0 Å². The molecule has 0 aliphatic carbocycles. The fourth-order valence-electron chi connectivity index (χ4n) is 1.95. The van der Waals surface area contributed by atoms with Crippen LogP contribution < -0.4 is 0 Å². The van der Waals surface area contributed by atoms with Gasteiger partial charge in [0.1, 0.15) is 6.04 Å². The average Bonchev–Trinajstić information content (AvgIpc) is 2.26. The molecule has 1 aliphatic rings. The molecular weight excluding hydrogens is 202 g/mol. The first-order valence-electron chi connectivity index (χ1n) is 5.76. The Kier molecular flexibility index (Phi) is 3.57. The van der Waals surface area contributed by atoms with Crippen molar-refractivity contribution in [1.29, 1.82) is 0 Å². The van der Waals surface area contributed by atoms with Crippen molar-refractivity contribution in [3.63, 3.8) is 0 Å². The standard InChI is InChI=1S/C13H17NO2/c1-2-16-13(15)12-8-9-14(12)10-11-6-4-3-5-7-11/h3-7,12H,2,8-10H2,1H3/t12-/m1/s1. The zero-order valence-electron chi connectivity index (χ0n) is 9.56. The van der Waals surface area contributed by atoms with E-state index >= 15 is 0 Å². The second-order valence-electron chi connectivity index (χ2n) is 4.01. The van der Waals surface area contributed by atoms with Crippen molar-refractivity contribution in [2.45, 2.75) is 25.9 Å². The number of hydrogen-bond donors (Lipinski definition) is 0. The molecule has 0 saturated carbocycles. The van der Waals surface area contributed by atoms with Gasteiger partial charge in [-0.25, -0.2) is 0 Å². The predicted molar refractivity (Wildman–Crippen MR) is 61.9 cm³/mol. The minimum atomic E-state index is -0.0790. The van der Waals surface area contributed by atoms with Gasteiger partial charge in [-0.3, -0.25) is 9.69 Å². The van der Waals surface area contributed by atoms with E-state index in [1.807, 2.05) is 25.1 Å². The van der Waals surface area contributed by atoms with Crippen LogP contribution in [0.2, 0.25) is 0 Å². The average molecular weight is 219 g/mol. The van der Waals surface area contributed by atoms with Crippen molar-refractivity contribution in [3.05, 3.63) is 35.9 Å². The summed E-state index contributed by atoms with van der Waals surface area (Å²) in [6.07, 6.45) is 0.922. The number of nitrogens with zero attached hydrogens (tertiary/aromatic N) is 1. The summed E-state index contributed by atoms with van der Waals surface area (Å²) < 4.78 is 5.03. The van der Waals surface area contributed by atoms with Gasteiger partial charge in [0.05, 0.1) is 6.61 Å². The van der Waals surface area contributed by atoms with Crippen LogP contribution in [0, 0.1) is 0 Å². The van der Waals surface area contributed by atoms with Crippen LogP contribution in [0.1, 0.15) is 18.9 Å². The van der Waals surface area contributed by atoms with E-state index in [0.29, 0.717) is 6.61 Å². The third-order valence-corrected chi connectivity index (χ3v) is 2.92. The molecule has 3 heteroatoms. The van der Waals surface area contributed by atoms with Crippen molar-refractivity contribution in [2.24, 2.45) is 0 Å². The number of likely N-dealkylation sites (tertiary alicyclic amines) is 1.